The van der Waals surface area contributed by atoms with Crippen molar-refractivity contribution in [2.24, 2.45) is 0 Å². The molecule has 0 bridgehead atoms. The van der Waals surface area contributed by atoms with Crippen LogP contribution in [-0.2, 0) is 4.79 Å². The largest absolute Gasteiger partial charge is 0.370 e. The Kier molecular flexibility index (Phi) is 4.56. The Morgan fingerprint density at radius 3 is 3.22 bits per heavy atom. The molecule has 1 aliphatic heterocycles. The van der Waals surface area contributed by atoms with Crippen LogP contribution in [0.4, 0.5) is 5.82 Å². The van der Waals surface area contributed by atoms with Crippen molar-refractivity contribution in [1.82, 2.24) is 9.88 Å². The molecular formula is C14H21N3O. The summed E-state index contributed by atoms with van der Waals surface area (Å²) >= 11 is 0. The minimum atomic E-state index is 0.185. The molecule has 4 nitrogen and oxygen atoms in total. The van der Waals surface area contributed by atoms with Gasteiger partial charge >= 0.3 is 0 Å². The summed E-state index contributed by atoms with van der Waals surface area (Å²) in [5.41, 5.74) is 1.15. The number of amides is 1. The summed E-state index contributed by atoms with van der Waals surface area (Å²) in [6, 6.07) is 4.21. The van der Waals surface area contributed by atoms with Crippen molar-refractivity contribution in [3.05, 3.63) is 23.9 Å². The molecule has 1 N–H and O–H groups in total. The molecule has 2 rings (SSSR count). The molecule has 98 valence electrons. The van der Waals surface area contributed by atoms with Crippen LogP contribution < -0.4 is 5.32 Å². The van der Waals surface area contributed by atoms with Gasteiger partial charge in [0.15, 0.2) is 0 Å². The fraction of sp³-hybridized carbons (Fsp3) is 0.571. The lowest BCUT2D eigenvalue weighted by molar-refractivity contribution is -0.121. The number of pyridine rings is 1. The Bertz CT molecular complexity index is 394. The van der Waals surface area contributed by atoms with Gasteiger partial charge in [-0.3, -0.25) is 4.79 Å². The van der Waals surface area contributed by atoms with Crippen molar-refractivity contribution < 1.29 is 4.79 Å². The molecule has 1 aliphatic rings. The summed E-state index contributed by atoms with van der Waals surface area (Å²) < 4.78 is 0. The number of hydrogen-bond acceptors (Lipinski definition) is 3. The SMILES string of the molecule is CCCNc1ncccc1[C@H]1CCCCN1C=O. The molecule has 1 amide bonds. The number of aromatic nitrogens is 1. The van der Waals surface area contributed by atoms with E-state index in [0.29, 0.717) is 0 Å². The number of hydrogen-bond donors (Lipinski definition) is 1. The number of carbonyl (C=O) groups excluding carboxylic acids is 1. The van der Waals surface area contributed by atoms with Gasteiger partial charge < -0.3 is 10.2 Å². The summed E-state index contributed by atoms with van der Waals surface area (Å²) in [7, 11) is 0. The number of nitrogens with one attached hydrogen (secondary N) is 1. The maximum Gasteiger partial charge on any atom is 0.210 e. The van der Waals surface area contributed by atoms with Crippen molar-refractivity contribution >= 4 is 12.2 Å². The first-order valence-corrected chi connectivity index (χ1v) is 6.76. The van der Waals surface area contributed by atoms with Gasteiger partial charge in [-0.2, -0.15) is 0 Å². The highest BCUT2D eigenvalue weighted by atomic mass is 16.1. The predicted octanol–water partition coefficient (Wildman–Crippen LogP) is 2.59. The third kappa shape index (κ3) is 2.81. The monoisotopic (exact) mass is 247 g/mol. The number of rotatable bonds is 5. The fourth-order valence-corrected chi connectivity index (χ4v) is 2.49. The molecule has 0 aliphatic carbocycles. The van der Waals surface area contributed by atoms with Crippen LogP contribution in [0.2, 0.25) is 0 Å². The zero-order valence-corrected chi connectivity index (χ0v) is 10.9. The number of nitrogens with zero attached hydrogens (tertiary/aromatic N) is 2. The van der Waals surface area contributed by atoms with E-state index in [1.54, 1.807) is 6.20 Å². The Hall–Kier alpha value is -1.58. The highest BCUT2D eigenvalue weighted by Crippen LogP contribution is 2.32. The fourth-order valence-electron chi connectivity index (χ4n) is 2.49. The molecular weight excluding hydrogens is 226 g/mol. The predicted molar refractivity (Wildman–Crippen MR) is 72.4 cm³/mol. The molecule has 0 unspecified atom stereocenters. The highest BCUT2D eigenvalue weighted by molar-refractivity contribution is 5.53. The van der Waals surface area contributed by atoms with Gasteiger partial charge in [0.05, 0.1) is 6.04 Å². The van der Waals surface area contributed by atoms with Gasteiger partial charge in [-0.15, -0.1) is 0 Å². The summed E-state index contributed by atoms with van der Waals surface area (Å²) in [5, 5.41) is 3.35. The van der Waals surface area contributed by atoms with Crippen LogP contribution in [-0.4, -0.2) is 29.4 Å². The van der Waals surface area contributed by atoms with Gasteiger partial charge in [-0.1, -0.05) is 13.0 Å². The maximum absolute atomic E-state index is 11.2. The van der Waals surface area contributed by atoms with E-state index >= 15 is 0 Å². The molecule has 0 radical (unpaired) electrons. The van der Waals surface area contributed by atoms with Crippen molar-refractivity contribution in [2.75, 3.05) is 18.4 Å². The highest BCUT2D eigenvalue weighted by Gasteiger charge is 2.24. The van der Waals surface area contributed by atoms with Crippen molar-refractivity contribution in [1.29, 1.82) is 0 Å². The average Bonchev–Trinajstić information content (AvgIpc) is 2.45. The first kappa shape index (κ1) is 12.9. The van der Waals surface area contributed by atoms with Crippen LogP contribution in [0, 0.1) is 0 Å². The molecule has 4 heteroatoms. The van der Waals surface area contributed by atoms with Gasteiger partial charge in [-0.25, -0.2) is 4.98 Å². The van der Waals surface area contributed by atoms with Crippen molar-refractivity contribution in [2.45, 2.75) is 38.6 Å². The van der Waals surface area contributed by atoms with Gasteiger partial charge in [0.1, 0.15) is 5.82 Å². The van der Waals surface area contributed by atoms with E-state index in [2.05, 4.69) is 23.3 Å². The molecule has 1 saturated heterocycles. The van der Waals surface area contributed by atoms with E-state index in [1.165, 1.54) is 6.42 Å². The third-order valence-corrected chi connectivity index (χ3v) is 3.42. The van der Waals surface area contributed by atoms with E-state index in [4.69, 9.17) is 0 Å². The average molecular weight is 247 g/mol. The summed E-state index contributed by atoms with van der Waals surface area (Å²) in [4.78, 5) is 17.5. The van der Waals surface area contributed by atoms with Crippen molar-refractivity contribution in [3.8, 4) is 0 Å². The lowest BCUT2D eigenvalue weighted by Crippen LogP contribution is -2.32. The summed E-state index contributed by atoms with van der Waals surface area (Å²) in [6.45, 7) is 3.90. The molecule has 0 aromatic carbocycles. The Morgan fingerprint density at radius 2 is 2.44 bits per heavy atom. The van der Waals surface area contributed by atoms with E-state index < -0.39 is 0 Å². The second-order valence-electron chi connectivity index (χ2n) is 4.72. The topological polar surface area (TPSA) is 45.2 Å². The van der Waals surface area contributed by atoms with Crippen LogP contribution >= 0.6 is 0 Å². The maximum atomic E-state index is 11.2. The van der Waals surface area contributed by atoms with Crippen LogP contribution in [0.3, 0.4) is 0 Å². The minimum Gasteiger partial charge on any atom is -0.370 e. The Balaban J connectivity index is 2.22. The molecule has 0 saturated carbocycles. The number of likely N-dealkylation sites (tertiary alicyclic amines) is 1. The van der Waals surface area contributed by atoms with E-state index in [9.17, 15) is 4.79 Å². The summed E-state index contributed by atoms with van der Waals surface area (Å²) in [6.07, 6.45) is 7.16. The molecule has 1 fully saturated rings. The molecule has 18 heavy (non-hydrogen) atoms. The zero-order valence-electron chi connectivity index (χ0n) is 10.9. The molecule has 2 heterocycles. The van der Waals surface area contributed by atoms with E-state index in [0.717, 1.165) is 50.1 Å². The number of carbonyl (C=O) groups is 1. The normalized spacial score (nSPS) is 19.6. The number of piperidine rings is 1. The minimum absolute atomic E-state index is 0.185. The van der Waals surface area contributed by atoms with Crippen molar-refractivity contribution in [3.63, 3.8) is 0 Å². The molecule has 1 aromatic rings. The smallest absolute Gasteiger partial charge is 0.210 e. The Labute approximate surface area is 108 Å². The van der Waals surface area contributed by atoms with Gasteiger partial charge in [0.25, 0.3) is 0 Å². The lowest BCUT2D eigenvalue weighted by atomic mass is 9.96. The lowest BCUT2D eigenvalue weighted by Gasteiger charge is -2.33. The van der Waals surface area contributed by atoms with Crippen LogP contribution in [0.1, 0.15) is 44.2 Å². The van der Waals surface area contributed by atoms with E-state index in [1.807, 2.05) is 11.0 Å². The quantitative estimate of drug-likeness (QED) is 0.813. The third-order valence-electron chi connectivity index (χ3n) is 3.42. The second kappa shape index (κ2) is 6.38. The zero-order chi connectivity index (χ0) is 12.8. The summed E-state index contributed by atoms with van der Waals surface area (Å²) in [5.74, 6) is 0.929. The molecule has 1 atom stereocenters. The molecule has 0 spiro atoms. The van der Waals surface area contributed by atoms with Gasteiger partial charge in [0.2, 0.25) is 6.41 Å². The standard InChI is InChI=1S/C14H21N3O/c1-2-8-15-14-12(6-5-9-16-14)13-7-3-4-10-17(13)11-18/h5-6,9,11,13H,2-4,7-8,10H2,1H3,(H,15,16)/t13-/m1/s1. The van der Waals surface area contributed by atoms with Crippen LogP contribution in [0.15, 0.2) is 18.3 Å². The Morgan fingerprint density at radius 1 is 1.56 bits per heavy atom. The first-order chi connectivity index (χ1) is 8.86. The number of anilines is 1. The van der Waals surface area contributed by atoms with Gasteiger partial charge in [-0.05, 0) is 31.7 Å². The first-order valence-electron chi connectivity index (χ1n) is 6.76. The second-order valence-corrected chi connectivity index (χ2v) is 4.72. The van der Waals surface area contributed by atoms with Crippen LogP contribution in [0.25, 0.3) is 0 Å². The van der Waals surface area contributed by atoms with Gasteiger partial charge in [0, 0.05) is 24.8 Å². The van der Waals surface area contributed by atoms with Crippen LogP contribution in [0.5, 0.6) is 0 Å². The molecule has 1 aromatic heterocycles. The van der Waals surface area contributed by atoms with E-state index in [-0.39, 0.29) is 6.04 Å².